The summed E-state index contributed by atoms with van der Waals surface area (Å²) < 4.78 is 0. The summed E-state index contributed by atoms with van der Waals surface area (Å²) in [6.07, 6.45) is 13.4. The molecule has 0 radical (unpaired) electrons. The van der Waals surface area contributed by atoms with Crippen LogP contribution in [0.5, 0.6) is 0 Å². The monoisotopic (exact) mass is 432 g/mol. The molecule has 0 aromatic carbocycles. The van der Waals surface area contributed by atoms with E-state index in [2.05, 4.69) is 27.7 Å². The first-order chi connectivity index (χ1) is 13.6. The zero-order chi connectivity index (χ0) is 21.0. The fourth-order valence-electron chi connectivity index (χ4n) is 2.98. The molecule has 0 rings (SSSR count). The molecular formula is C22H44N2O2S2. The fourth-order valence-corrected chi connectivity index (χ4v) is 4.75. The molecule has 0 N–H and O–H groups in total. The average Bonchev–Trinajstić information content (AvgIpc) is 2.70. The molecule has 6 heteroatoms. The number of carbonyl (C=O) groups is 2. The third-order valence-electron chi connectivity index (χ3n) is 4.83. The van der Waals surface area contributed by atoms with Gasteiger partial charge < -0.3 is 9.80 Å². The van der Waals surface area contributed by atoms with Crippen LogP contribution in [-0.4, -0.2) is 46.5 Å². The summed E-state index contributed by atoms with van der Waals surface area (Å²) in [5.41, 5.74) is 0. The van der Waals surface area contributed by atoms with Gasteiger partial charge in [-0.2, -0.15) is 0 Å². The van der Waals surface area contributed by atoms with Gasteiger partial charge in [0.05, 0.1) is 0 Å². The van der Waals surface area contributed by atoms with Crippen molar-refractivity contribution in [3.8, 4) is 0 Å². The van der Waals surface area contributed by atoms with Crippen LogP contribution in [0.25, 0.3) is 0 Å². The molecule has 28 heavy (non-hydrogen) atoms. The minimum Gasteiger partial charge on any atom is -0.333 e. The van der Waals surface area contributed by atoms with Crippen molar-refractivity contribution in [1.82, 2.24) is 9.80 Å². The van der Waals surface area contributed by atoms with Gasteiger partial charge in [0.25, 0.3) is 10.5 Å². The summed E-state index contributed by atoms with van der Waals surface area (Å²) >= 11 is 0. The van der Waals surface area contributed by atoms with Gasteiger partial charge in [-0.25, -0.2) is 0 Å². The van der Waals surface area contributed by atoms with E-state index in [4.69, 9.17) is 0 Å². The SMILES string of the molecule is CCCCCN(CCCCC)C(=O)SSC(=O)N(CCCCC)CCCCC. The number of unbranched alkanes of at least 4 members (excludes halogenated alkanes) is 8. The summed E-state index contributed by atoms with van der Waals surface area (Å²) in [5.74, 6) is 0. The second-order valence-corrected chi connectivity index (χ2v) is 9.53. The molecule has 0 aromatic heterocycles. The smallest absolute Gasteiger partial charge is 0.292 e. The Balaban J connectivity index is 4.55. The molecule has 0 aliphatic heterocycles. The zero-order valence-corrected chi connectivity index (χ0v) is 20.5. The molecule has 0 bridgehead atoms. The fraction of sp³-hybridized carbons (Fsp3) is 0.909. The second kappa shape index (κ2) is 19.9. The van der Waals surface area contributed by atoms with Gasteiger partial charge in [-0.3, -0.25) is 9.59 Å². The van der Waals surface area contributed by atoms with Crippen LogP contribution in [0.4, 0.5) is 9.59 Å². The molecule has 0 spiro atoms. The Labute approximate surface area is 182 Å². The highest BCUT2D eigenvalue weighted by Gasteiger charge is 2.19. The predicted octanol–water partition coefficient (Wildman–Crippen LogP) is 7.97. The van der Waals surface area contributed by atoms with Crippen molar-refractivity contribution < 1.29 is 9.59 Å². The van der Waals surface area contributed by atoms with Gasteiger partial charge in [0.2, 0.25) is 0 Å². The Kier molecular flexibility index (Phi) is 19.7. The van der Waals surface area contributed by atoms with E-state index >= 15 is 0 Å². The number of hydrogen-bond donors (Lipinski definition) is 0. The van der Waals surface area contributed by atoms with Crippen LogP contribution in [0.3, 0.4) is 0 Å². The maximum absolute atomic E-state index is 12.7. The maximum atomic E-state index is 12.7. The van der Waals surface area contributed by atoms with Crippen molar-refractivity contribution in [3.63, 3.8) is 0 Å². The number of amides is 2. The molecule has 0 aliphatic rings. The first-order valence-electron chi connectivity index (χ1n) is 11.5. The third kappa shape index (κ3) is 14.6. The van der Waals surface area contributed by atoms with Crippen LogP contribution in [0.15, 0.2) is 0 Å². The molecule has 4 nitrogen and oxygen atoms in total. The van der Waals surface area contributed by atoms with E-state index < -0.39 is 0 Å². The lowest BCUT2D eigenvalue weighted by Gasteiger charge is -2.24. The average molecular weight is 433 g/mol. The van der Waals surface area contributed by atoms with E-state index in [1.165, 1.54) is 0 Å². The van der Waals surface area contributed by atoms with E-state index in [0.29, 0.717) is 0 Å². The molecule has 0 fully saturated rings. The quantitative estimate of drug-likeness (QED) is 0.183. The van der Waals surface area contributed by atoms with Crippen LogP contribution in [0.2, 0.25) is 0 Å². The van der Waals surface area contributed by atoms with Gasteiger partial charge in [-0.05, 0) is 25.7 Å². The van der Waals surface area contributed by atoms with E-state index in [1.54, 1.807) is 0 Å². The first-order valence-corrected chi connectivity index (χ1v) is 13.7. The third-order valence-corrected chi connectivity index (χ3v) is 6.82. The van der Waals surface area contributed by atoms with Crippen LogP contribution >= 0.6 is 21.6 Å². The highest BCUT2D eigenvalue weighted by Crippen LogP contribution is 2.28. The Morgan fingerprint density at radius 2 is 0.750 bits per heavy atom. The topological polar surface area (TPSA) is 40.6 Å². The van der Waals surface area contributed by atoms with Gasteiger partial charge in [0.15, 0.2) is 0 Å². The minimum atomic E-state index is 0.0487. The van der Waals surface area contributed by atoms with Crippen molar-refractivity contribution >= 4 is 32.1 Å². The van der Waals surface area contributed by atoms with Gasteiger partial charge in [-0.15, -0.1) is 0 Å². The standard InChI is InChI=1S/C22H44N2O2S2/c1-5-9-13-17-23(18-14-10-6-2)21(25)27-28-22(26)24(19-15-11-7-3)20-16-12-8-4/h5-20H2,1-4H3. The summed E-state index contributed by atoms with van der Waals surface area (Å²) in [5, 5.41) is 0.0974. The molecule has 0 unspecified atom stereocenters. The normalized spacial score (nSPS) is 10.9. The lowest BCUT2D eigenvalue weighted by molar-refractivity contribution is 0.219. The number of rotatable bonds is 16. The van der Waals surface area contributed by atoms with Crippen molar-refractivity contribution in [2.45, 2.75) is 105 Å². The van der Waals surface area contributed by atoms with Crippen molar-refractivity contribution in [1.29, 1.82) is 0 Å². The lowest BCUT2D eigenvalue weighted by Crippen LogP contribution is -2.31. The Hall–Kier alpha value is -0.360. The summed E-state index contributed by atoms with van der Waals surface area (Å²) in [4.78, 5) is 29.3. The molecule has 2 amide bonds. The molecule has 0 heterocycles. The summed E-state index contributed by atoms with van der Waals surface area (Å²) in [7, 11) is 2.26. The highest BCUT2D eigenvalue weighted by atomic mass is 33.1. The zero-order valence-electron chi connectivity index (χ0n) is 18.8. The van der Waals surface area contributed by atoms with Crippen LogP contribution in [-0.2, 0) is 0 Å². The van der Waals surface area contributed by atoms with Crippen LogP contribution < -0.4 is 0 Å². The predicted molar refractivity (Wildman–Crippen MR) is 127 cm³/mol. The molecule has 0 aliphatic carbocycles. The number of carbonyl (C=O) groups excluding carboxylic acids is 2. The molecular weight excluding hydrogens is 388 g/mol. The summed E-state index contributed by atoms with van der Waals surface area (Å²) in [6, 6.07) is 0. The Bertz CT molecular complexity index is 339. The van der Waals surface area contributed by atoms with E-state index in [9.17, 15) is 9.59 Å². The molecule has 0 aromatic rings. The molecule has 0 saturated heterocycles. The van der Waals surface area contributed by atoms with E-state index in [-0.39, 0.29) is 10.5 Å². The number of nitrogens with zero attached hydrogens (tertiary/aromatic N) is 2. The minimum absolute atomic E-state index is 0.0487. The van der Waals surface area contributed by atoms with Gasteiger partial charge in [0, 0.05) is 47.8 Å². The Morgan fingerprint density at radius 1 is 0.500 bits per heavy atom. The molecule has 166 valence electrons. The highest BCUT2D eigenvalue weighted by molar-refractivity contribution is 8.87. The molecule has 0 saturated carbocycles. The van der Waals surface area contributed by atoms with Crippen molar-refractivity contribution in [2.24, 2.45) is 0 Å². The van der Waals surface area contributed by atoms with E-state index in [0.717, 1.165) is 125 Å². The first kappa shape index (κ1) is 27.6. The van der Waals surface area contributed by atoms with Gasteiger partial charge in [0.1, 0.15) is 0 Å². The van der Waals surface area contributed by atoms with Gasteiger partial charge >= 0.3 is 0 Å². The number of hydrogen-bond acceptors (Lipinski definition) is 4. The summed E-state index contributed by atoms with van der Waals surface area (Å²) in [6.45, 7) is 12.0. The van der Waals surface area contributed by atoms with E-state index in [1.807, 2.05) is 9.80 Å². The Morgan fingerprint density at radius 3 is 0.964 bits per heavy atom. The maximum Gasteiger partial charge on any atom is 0.292 e. The lowest BCUT2D eigenvalue weighted by atomic mass is 10.2. The second-order valence-electron chi connectivity index (χ2n) is 7.50. The van der Waals surface area contributed by atoms with Gasteiger partial charge in [-0.1, -0.05) is 79.1 Å². The van der Waals surface area contributed by atoms with Crippen LogP contribution in [0, 0.1) is 0 Å². The van der Waals surface area contributed by atoms with Crippen LogP contribution in [0.1, 0.15) is 105 Å². The largest absolute Gasteiger partial charge is 0.333 e. The van der Waals surface area contributed by atoms with Crippen molar-refractivity contribution in [3.05, 3.63) is 0 Å². The molecule has 0 atom stereocenters. The van der Waals surface area contributed by atoms with Crippen molar-refractivity contribution in [2.75, 3.05) is 26.2 Å².